The van der Waals surface area contributed by atoms with Crippen molar-refractivity contribution in [3.05, 3.63) is 0 Å². The number of hydrogen-bond donors (Lipinski definition) is 2. The second kappa shape index (κ2) is 11.4. The Bertz CT molecular complexity index is 227. The van der Waals surface area contributed by atoms with Crippen LogP contribution >= 0.6 is 12.2 Å². The van der Waals surface area contributed by atoms with Gasteiger partial charge in [-0.3, -0.25) is 4.90 Å². The van der Waals surface area contributed by atoms with Crippen LogP contribution in [0.15, 0.2) is 0 Å². The normalized spacial score (nSPS) is 11.4. The fourth-order valence-electron chi connectivity index (χ4n) is 1.99. The third-order valence-corrected chi connectivity index (χ3v) is 3.23. The number of rotatable bonds is 10. The van der Waals surface area contributed by atoms with E-state index >= 15 is 0 Å². The van der Waals surface area contributed by atoms with E-state index in [9.17, 15) is 0 Å². The van der Waals surface area contributed by atoms with Crippen LogP contribution < -0.4 is 10.6 Å². The SMILES string of the molecule is CCOCCCNC(=S)NCCN(C(C)C)C(C)C. The Hall–Kier alpha value is -0.390. The number of nitrogens with zero attached hydrogens (tertiary/aromatic N) is 1. The molecule has 0 aromatic rings. The summed E-state index contributed by atoms with van der Waals surface area (Å²) in [4.78, 5) is 2.45. The molecule has 0 aromatic heterocycles. The van der Waals surface area contributed by atoms with Gasteiger partial charge in [0.05, 0.1) is 0 Å². The van der Waals surface area contributed by atoms with E-state index in [1.807, 2.05) is 6.92 Å². The fraction of sp³-hybridized carbons (Fsp3) is 0.929. The van der Waals surface area contributed by atoms with Gasteiger partial charge >= 0.3 is 0 Å². The minimum atomic E-state index is 0.564. The Morgan fingerprint density at radius 3 is 2.21 bits per heavy atom. The lowest BCUT2D eigenvalue weighted by Gasteiger charge is -2.30. The van der Waals surface area contributed by atoms with Crippen LogP contribution in [-0.4, -0.2) is 54.9 Å². The summed E-state index contributed by atoms with van der Waals surface area (Å²) in [5.41, 5.74) is 0. The molecule has 0 heterocycles. The van der Waals surface area contributed by atoms with Gasteiger partial charge in [-0.1, -0.05) is 0 Å². The van der Waals surface area contributed by atoms with E-state index in [2.05, 4.69) is 43.2 Å². The van der Waals surface area contributed by atoms with Gasteiger partial charge in [0.1, 0.15) is 0 Å². The predicted octanol–water partition coefficient (Wildman–Crippen LogP) is 2.00. The molecule has 0 saturated carbocycles. The minimum absolute atomic E-state index is 0.564. The van der Waals surface area contributed by atoms with Crippen molar-refractivity contribution in [3.8, 4) is 0 Å². The zero-order chi connectivity index (χ0) is 14.7. The van der Waals surface area contributed by atoms with E-state index in [0.717, 1.165) is 44.4 Å². The highest BCUT2D eigenvalue weighted by molar-refractivity contribution is 7.80. The molecule has 114 valence electrons. The van der Waals surface area contributed by atoms with Crippen LogP contribution in [0.1, 0.15) is 41.0 Å². The zero-order valence-corrected chi connectivity index (χ0v) is 14.0. The average molecular weight is 289 g/mol. The average Bonchev–Trinajstić information content (AvgIpc) is 2.33. The van der Waals surface area contributed by atoms with Gasteiger partial charge in [0.15, 0.2) is 5.11 Å². The molecule has 2 N–H and O–H groups in total. The molecular formula is C14H31N3OS. The molecule has 0 unspecified atom stereocenters. The first-order valence-electron chi connectivity index (χ1n) is 7.34. The molecule has 0 amide bonds. The first-order chi connectivity index (χ1) is 8.99. The van der Waals surface area contributed by atoms with Gasteiger partial charge in [-0.25, -0.2) is 0 Å². The molecule has 4 nitrogen and oxygen atoms in total. The molecule has 0 spiro atoms. The Kier molecular flexibility index (Phi) is 11.2. The molecule has 0 fully saturated rings. The van der Waals surface area contributed by atoms with Crippen molar-refractivity contribution in [2.24, 2.45) is 0 Å². The fourth-order valence-corrected chi connectivity index (χ4v) is 2.20. The topological polar surface area (TPSA) is 36.5 Å². The van der Waals surface area contributed by atoms with Crippen molar-refractivity contribution >= 4 is 17.3 Å². The van der Waals surface area contributed by atoms with Crippen LogP contribution in [0.5, 0.6) is 0 Å². The van der Waals surface area contributed by atoms with Crippen LogP contribution in [0.4, 0.5) is 0 Å². The maximum atomic E-state index is 5.27. The summed E-state index contributed by atoms with van der Waals surface area (Å²) in [5.74, 6) is 0. The summed E-state index contributed by atoms with van der Waals surface area (Å²) in [5, 5.41) is 7.19. The Morgan fingerprint density at radius 1 is 1.11 bits per heavy atom. The molecule has 0 aliphatic rings. The number of ether oxygens (including phenoxy) is 1. The van der Waals surface area contributed by atoms with Gasteiger partial charge in [-0.15, -0.1) is 0 Å². The van der Waals surface area contributed by atoms with Gasteiger partial charge in [0.25, 0.3) is 0 Å². The molecule has 0 aliphatic heterocycles. The number of nitrogens with one attached hydrogen (secondary N) is 2. The molecule has 0 rings (SSSR count). The molecule has 0 atom stereocenters. The summed E-state index contributed by atoms with van der Waals surface area (Å²) < 4.78 is 5.27. The third kappa shape index (κ3) is 10.1. The maximum Gasteiger partial charge on any atom is 0.166 e. The quantitative estimate of drug-likeness (QED) is 0.475. The molecule has 0 aromatic carbocycles. The largest absolute Gasteiger partial charge is 0.382 e. The van der Waals surface area contributed by atoms with E-state index in [0.29, 0.717) is 12.1 Å². The van der Waals surface area contributed by atoms with Crippen molar-refractivity contribution in [1.82, 2.24) is 15.5 Å². The van der Waals surface area contributed by atoms with Crippen LogP contribution in [0.3, 0.4) is 0 Å². The standard InChI is InChI=1S/C14H31N3OS/c1-6-18-11-7-8-15-14(19)16-9-10-17(12(2)3)13(4)5/h12-13H,6-11H2,1-5H3,(H2,15,16,19). The molecule has 0 saturated heterocycles. The highest BCUT2D eigenvalue weighted by Gasteiger charge is 2.12. The minimum Gasteiger partial charge on any atom is -0.382 e. The van der Waals surface area contributed by atoms with Crippen LogP contribution in [0, 0.1) is 0 Å². The Morgan fingerprint density at radius 2 is 1.68 bits per heavy atom. The second-order valence-corrected chi connectivity index (χ2v) is 5.57. The van der Waals surface area contributed by atoms with Crippen molar-refractivity contribution in [1.29, 1.82) is 0 Å². The first kappa shape index (κ1) is 18.6. The molecular weight excluding hydrogens is 258 g/mol. The Balaban J connectivity index is 3.61. The summed E-state index contributed by atoms with van der Waals surface area (Å²) in [6, 6.07) is 1.13. The second-order valence-electron chi connectivity index (χ2n) is 5.16. The van der Waals surface area contributed by atoms with E-state index in [-0.39, 0.29) is 0 Å². The summed E-state index contributed by atoms with van der Waals surface area (Å²) in [7, 11) is 0. The lowest BCUT2D eigenvalue weighted by atomic mass is 10.2. The van der Waals surface area contributed by atoms with Crippen LogP contribution in [0.2, 0.25) is 0 Å². The summed E-state index contributed by atoms with van der Waals surface area (Å²) in [6.45, 7) is 15.2. The van der Waals surface area contributed by atoms with Gasteiger partial charge in [0.2, 0.25) is 0 Å². The van der Waals surface area contributed by atoms with Gasteiger partial charge in [-0.2, -0.15) is 0 Å². The van der Waals surface area contributed by atoms with E-state index in [4.69, 9.17) is 17.0 Å². The van der Waals surface area contributed by atoms with Crippen molar-refractivity contribution in [2.45, 2.75) is 53.1 Å². The van der Waals surface area contributed by atoms with E-state index < -0.39 is 0 Å². The smallest absolute Gasteiger partial charge is 0.166 e. The van der Waals surface area contributed by atoms with E-state index in [1.165, 1.54) is 0 Å². The highest BCUT2D eigenvalue weighted by Crippen LogP contribution is 2.03. The lowest BCUT2D eigenvalue weighted by Crippen LogP contribution is -2.44. The molecule has 0 radical (unpaired) electrons. The monoisotopic (exact) mass is 289 g/mol. The molecule has 5 heteroatoms. The zero-order valence-electron chi connectivity index (χ0n) is 13.2. The van der Waals surface area contributed by atoms with E-state index in [1.54, 1.807) is 0 Å². The number of thiocarbonyl (C=S) groups is 1. The summed E-state index contributed by atoms with van der Waals surface area (Å²) >= 11 is 5.23. The third-order valence-electron chi connectivity index (χ3n) is 2.94. The number of hydrogen-bond acceptors (Lipinski definition) is 3. The first-order valence-corrected chi connectivity index (χ1v) is 7.75. The van der Waals surface area contributed by atoms with Crippen LogP contribution in [-0.2, 0) is 4.74 Å². The maximum absolute atomic E-state index is 5.27. The molecule has 0 bridgehead atoms. The highest BCUT2D eigenvalue weighted by atomic mass is 32.1. The predicted molar refractivity (Wildman–Crippen MR) is 86.7 cm³/mol. The van der Waals surface area contributed by atoms with Gasteiger partial charge < -0.3 is 15.4 Å². The molecule has 0 aliphatic carbocycles. The van der Waals surface area contributed by atoms with Gasteiger partial charge in [-0.05, 0) is 53.3 Å². The molecule has 19 heavy (non-hydrogen) atoms. The van der Waals surface area contributed by atoms with Crippen molar-refractivity contribution in [3.63, 3.8) is 0 Å². The van der Waals surface area contributed by atoms with Crippen LogP contribution in [0.25, 0.3) is 0 Å². The lowest BCUT2D eigenvalue weighted by molar-refractivity contribution is 0.145. The van der Waals surface area contributed by atoms with Crippen molar-refractivity contribution in [2.75, 3.05) is 32.8 Å². The Labute approximate surface area is 124 Å². The van der Waals surface area contributed by atoms with Crippen molar-refractivity contribution < 1.29 is 4.74 Å². The van der Waals surface area contributed by atoms with Gasteiger partial charge in [0, 0.05) is 44.9 Å². The summed E-state index contributed by atoms with van der Waals surface area (Å²) in [6.07, 6.45) is 0.986.